The molecule has 0 aromatic heterocycles. The van der Waals surface area contributed by atoms with Crippen LogP contribution in [0.4, 0.5) is 0 Å². The van der Waals surface area contributed by atoms with Crippen molar-refractivity contribution in [1.29, 1.82) is 0 Å². The molecule has 0 aliphatic rings. The van der Waals surface area contributed by atoms with E-state index in [0.717, 1.165) is 11.1 Å². The summed E-state index contributed by atoms with van der Waals surface area (Å²) in [4.78, 5) is 10.5. The molecule has 0 aliphatic heterocycles. The predicted octanol–water partition coefficient (Wildman–Crippen LogP) is 0.363. The number of carbonyl (C=O) groups is 1. The summed E-state index contributed by atoms with van der Waals surface area (Å²) in [6.07, 6.45) is 0. The first kappa shape index (κ1) is 8.74. The van der Waals surface area contributed by atoms with E-state index in [1.54, 1.807) is 12.1 Å². The maximum Gasteiger partial charge on any atom is 0.367 e. The highest BCUT2D eigenvalue weighted by Crippen LogP contribution is 2.09. The van der Waals surface area contributed by atoms with Crippen molar-refractivity contribution in [2.45, 2.75) is 13.0 Å². The van der Waals surface area contributed by atoms with E-state index in [0.29, 0.717) is 0 Å². The molecule has 1 unspecified atom stereocenters. The number of rotatable bonds is 2. The van der Waals surface area contributed by atoms with Crippen LogP contribution in [0.3, 0.4) is 0 Å². The first-order valence-electron chi connectivity index (χ1n) is 3.73. The number of carboxylic acid groups (broad SMARTS) is 1. The second-order valence-corrected chi connectivity index (χ2v) is 2.80. The van der Waals surface area contributed by atoms with Crippen molar-refractivity contribution in [3.05, 3.63) is 35.4 Å². The van der Waals surface area contributed by atoms with Crippen LogP contribution in [-0.2, 0) is 4.79 Å². The minimum absolute atomic E-state index is 0.661. The highest BCUT2D eigenvalue weighted by Gasteiger charge is 2.17. The van der Waals surface area contributed by atoms with Crippen LogP contribution in [0.5, 0.6) is 0 Å². The minimum atomic E-state index is -0.890. The number of hydrogen-bond donors (Lipinski definition) is 2. The Morgan fingerprint density at radius 1 is 1.42 bits per heavy atom. The second-order valence-electron chi connectivity index (χ2n) is 2.80. The number of aryl methyl sites for hydroxylation is 1. The van der Waals surface area contributed by atoms with Gasteiger partial charge in [-0.25, -0.2) is 4.79 Å². The Morgan fingerprint density at radius 2 is 1.92 bits per heavy atom. The first-order valence-corrected chi connectivity index (χ1v) is 3.73. The van der Waals surface area contributed by atoms with Gasteiger partial charge in [0.2, 0.25) is 6.04 Å². The molecule has 12 heavy (non-hydrogen) atoms. The average Bonchev–Trinajstić information content (AvgIpc) is 2.04. The van der Waals surface area contributed by atoms with E-state index in [1.165, 1.54) is 0 Å². The lowest BCUT2D eigenvalue weighted by atomic mass is 10.1. The third-order valence-electron chi connectivity index (χ3n) is 1.78. The molecule has 1 atom stereocenters. The standard InChI is InChI=1S/C9H11NO2/c1-6-2-4-7(5-3-6)8(10)9(11)12/h2-5,8H,10H2,1H3,(H,11,12)/p+1. The third-order valence-corrected chi connectivity index (χ3v) is 1.78. The van der Waals surface area contributed by atoms with Gasteiger partial charge >= 0.3 is 5.97 Å². The number of benzene rings is 1. The molecule has 1 aromatic carbocycles. The SMILES string of the molecule is Cc1ccc(C([NH3+])C(=O)O)cc1. The maximum absolute atomic E-state index is 10.5. The zero-order valence-corrected chi connectivity index (χ0v) is 6.95. The summed E-state index contributed by atoms with van der Waals surface area (Å²) in [5.74, 6) is -0.890. The fourth-order valence-corrected chi connectivity index (χ4v) is 0.941. The molecule has 3 heteroatoms. The molecule has 0 aliphatic carbocycles. The molecule has 1 aromatic rings. The molecule has 0 radical (unpaired) electrons. The third kappa shape index (κ3) is 1.83. The summed E-state index contributed by atoms with van der Waals surface area (Å²) < 4.78 is 0. The van der Waals surface area contributed by atoms with Crippen LogP contribution in [0.25, 0.3) is 0 Å². The second kappa shape index (κ2) is 3.36. The lowest BCUT2D eigenvalue weighted by Crippen LogP contribution is -2.57. The number of aliphatic carboxylic acids is 1. The molecule has 1 rings (SSSR count). The van der Waals surface area contributed by atoms with Gasteiger partial charge in [-0.05, 0) is 6.92 Å². The van der Waals surface area contributed by atoms with Gasteiger partial charge < -0.3 is 10.8 Å². The number of carboxylic acids is 1. The van der Waals surface area contributed by atoms with Gasteiger partial charge in [-0.15, -0.1) is 0 Å². The Hall–Kier alpha value is -1.35. The van der Waals surface area contributed by atoms with Crippen molar-refractivity contribution < 1.29 is 15.6 Å². The highest BCUT2D eigenvalue weighted by atomic mass is 16.4. The molecule has 0 saturated carbocycles. The molecule has 0 bridgehead atoms. The van der Waals surface area contributed by atoms with Gasteiger partial charge in [0.1, 0.15) is 0 Å². The Balaban J connectivity index is 2.89. The number of hydrogen-bond acceptors (Lipinski definition) is 1. The van der Waals surface area contributed by atoms with Crippen molar-refractivity contribution in [1.82, 2.24) is 0 Å². The zero-order valence-electron chi connectivity index (χ0n) is 6.95. The van der Waals surface area contributed by atoms with Crippen LogP contribution in [-0.4, -0.2) is 11.1 Å². The zero-order chi connectivity index (χ0) is 9.14. The molecule has 0 fully saturated rings. The van der Waals surface area contributed by atoms with Crippen LogP contribution < -0.4 is 5.73 Å². The lowest BCUT2D eigenvalue weighted by molar-refractivity contribution is -0.413. The highest BCUT2D eigenvalue weighted by molar-refractivity contribution is 5.73. The summed E-state index contributed by atoms with van der Waals surface area (Å²) >= 11 is 0. The molecule has 64 valence electrons. The minimum Gasteiger partial charge on any atom is -0.477 e. The van der Waals surface area contributed by atoms with E-state index in [4.69, 9.17) is 5.11 Å². The monoisotopic (exact) mass is 166 g/mol. The van der Waals surface area contributed by atoms with Gasteiger partial charge in [0.15, 0.2) is 0 Å². The maximum atomic E-state index is 10.5. The van der Waals surface area contributed by atoms with E-state index in [1.807, 2.05) is 19.1 Å². The van der Waals surface area contributed by atoms with E-state index >= 15 is 0 Å². The van der Waals surface area contributed by atoms with Crippen molar-refractivity contribution in [2.24, 2.45) is 0 Å². The van der Waals surface area contributed by atoms with E-state index in [9.17, 15) is 4.79 Å². The first-order chi connectivity index (χ1) is 5.61. The van der Waals surface area contributed by atoms with Gasteiger partial charge in [-0.1, -0.05) is 29.8 Å². The van der Waals surface area contributed by atoms with E-state index in [-0.39, 0.29) is 0 Å². The Kier molecular flexibility index (Phi) is 2.45. The normalized spacial score (nSPS) is 12.5. The van der Waals surface area contributed by atoms with Crippen LogP contribution >= 0.6 is 0 Å². The smallest absolute Gasteiger partial charge is 0.367 e. The van der Waals surface area contributed by atoms with Gasteiger partial charge in [-0.2, -0.15) is 0 Å². The fourth-order valence-electron chi connectivity index (χ4n) is 0.941. The quantitative estimate of drug-likeness (QED) is 0.666. The fraction of sp³-hybridized carbons (Fsp3) is 0.222. The predicted molar refractivity (Wildman–Crippen MR) is 44.4 cm³/mol. The summed E-state index contributed by atoms with van der Waals surface area (Å²) in [5.41, 5.74) is 5.40. The van der Waals surface area contributed by atoms with Gasteiger partial charge in [0, 0.05) is 5.56 Å². The molecule has 4 N–H and O–H groups in total. The molecule has 0 saturated heterocycles. The topological polar surface area (TPSA) is 64.9 Å². The van der Waals surface area contributed by atoms with Gasteiger partial charge in [-0.3, -0.25) is 0 Å². The van der Waals surface area contributed by atoms with Crippen LogP contribution in [0.1, 0.15) is 17.2 Å². The molecular formula is C9H12NO2+. The summed E-state index contributed by atoms with van der Waals surface area (Å²) in [7, 11) is 0. The summed E-state index contributed by atoms with van der Waals surface area (Å²) in [6.45, 7) is 1.96. The summed E-state index contributed by atoms with van der Waals surface area (Å²) in [6, 6.07) is 6.69. The van der Waals surface area contributed by atoms with Crippen LogP contribution in [0.2, 0.25) is 0 Å². The van der Waals surface area contributed by atoms with Crippen molar-refractivity contribution >= 4 is 5.97 Å². The van der Waals surface area contributed by atoms with Gasteiger partial charge in [0.25, 0.3) is 0 Å². The molecule has 3 nitrogen and oxygen atoms in total. The number of quaternary nitrogens is 1. The van der Waals surface area contributed by atoms with E-state index < -0.39 is 12.0 Å². The summed E-state index contributed by atoms with van der Waals surface area (Å²) in [5, 5.41) is 8.64. The molecular weight excluding hydrogens is 154 g/mol. The molecule has 0 spiro atoms. The van der Waals surface area contributed by atoms with Gasteiger partial charge in [0.05, 0.1) is 0 Å². The van der Waals surface area contributed by atoms with Crippen molar-refractivity contribution in [3.63, 3.8) is 0 Å². The molecule has 0 amide bonds. The van der Waals surface area contributed by atoms with Crippen molar-refractivity contribution in [3.8, 4) is 0 Å². The molecule has 0 heterocycles. The Labute approximate surface area is 70.8 Å². The van der Waals surface area contributed by atoms with Crippen molar-refractivity contribution in [2.75, 3.05) is 0 Å². The largest absolute Gasteiger partial charge is 0.477 e. The lowest BCUT2D eigenvalue weighted by Gasteiger charge is -2.02. The Morgan fingerprint density at radius 3 is 2.33 bits per heavy atom. The van der Waals surface area contributed by atoms with Crippen LogP contribution in [0.15, 0.2) is 24.3 Å². The van der Waals surface area contributed by atoms with E-state index in [2.05, 4.69) is 5.73 Å². The average molecular weight is 166 g/mol. The van der Waals surface area contributed by atoms with Crippen LogP contribution in [0, 0.1) is 6.92 Å². The Bertz CT molecular complexity index is 279.